The molecule has 1 amide bonds. The number of nitrogens with zero attached hydrogens (tertiary/aromatic N) is 1. The highest BCUT2D eigenvalue weighted by Gasteiger charge is 2.46. The lowest BCUT2D eigenvalue weighted by atomic mass is 9.94. The van der Waals surface area contributed by atoms with Crippen molar-refractivity contribution in [3.8, 4) is 17.2 Å². The second kappa shape index (κ2) is 9.79. The van der Waals surface area contributed by atoms with Gasteiger partial charge < -0.3 is 24.2 Å². The fourth-order valence-electron chi connectivity index (χ4n) is 4.30. The number of hydrogen-bond donors (Lipinski definition) is 1. The molecule has 7 nitrogen and oxygen atoms in total. The van der Waals surface area contributed by atoms with Gasteiger partial charge in [0.1, 0.15) is 24.7 Å². The number of ketones is 1. The largest absolute Gasteiger partial charge is 0.507 e. The van der Waals surface area contributed by atoms with Gasteiger partial charge in [0.2, 0.25) is 0 Å². The molecule has 7 heteroatoms. The van der Waals surface area contributed by atoms with Crippen molar-refractivity contribution in [2.24, 2.45) is 5.92 Å². The molecule has 2 aromatic carbocycles. The van der Waals surface area contributed by atoms with Crippen LogP contribution in [0.4, 0.5) is 0 Å². The molecule has 1 atom stereocenters. The van der Waals surface area contributed by atoms with Crippen molar-refractivity contribution in [1.82, 2.24) is 4.90 Å². The van der Waals surface area contributed by atoms with E-state index in [9.17, 15) is 14.7 Å². The van der Waals surface area contributed by atoms with Gasteiger partial charge in [-0.1, -0.05) is 26.8 Å². The number of ether oxygens (including phenoxy) is 3. The van der Waals surface area contributed by atoms with Crippen LogP contribution in [0.25, 0.3) is 5.76 Å². The first kappa shape index (κ1) is 23.7. The first-order chi connectivity index (χ1) is 16.3. The molecule has 1 unspecified atom stereocenters. The average Bonchev–Trinajstić information content (AvgIpc) is 3.07. The van der Waals surface area contributed by atoms with Crippen LogP contribution >= 0.6 is 0 Å². The lowest BCUT2D eigenvalue weighted by Gasteiger charge is -2.26. The summed E-state index contributed by atoms with van der Waals surface area (Å²) >= 11 is 0. The van der Waals surface area contributed by atoms with Crippen LogP contribution in [0, 0.1) is 12.8 Å². The molecule has 2 aromatic rings. The van der Waals surface area contributed by atoms with E-state index < -0.39 is 17.7 Å². The lowest BCUT2D eigenvalue weighted by molar-refractivity contribution is -0.139. The molecule has 2 aliphatic heterocycles. The Bertz CT molecular complexity index is 1140. The summed E-state index contributed by atoms with van der Waals surface area (Å²) in [6, 6.07) is 9.94. The van der Waals surface area contributed by atoms with Crippen molar-refractivity contribution in [3.05, 3.63) is 58.7 Å². The van der Waals surface area contributed by atoms with E-state index in [2.05, 4.69) is 13.8 Å². The number of hydrogen-bond acceptors (Lipinski definition) is 6. The fraction of sp³-hybridized carbons (Fsp3) is 0.407. The third-order valence-corrected chi connectivity index (χ3v) is 5.91. The maximum atomic E-state index is 13.1. The second-order valence-electron chi connectivity index (χ2n) is 9.08. The first-order valence-electron chi connectivity index (χ1n) is 11.7. The number of Topliss-reactive ketones (excluding diaryl/α,β-unsaturated/α-hetero) is 1. The smallest absolute Gasteiger partial charge is 0.295 e. The number of fused-ring (bicyclic) bond motifs is 1. The molecule has 34 heavy (non-hydrogen) atoms. The van der Waals surface area contributed by atoms with Gasteiger partial charge in [0.15, 0.2) is 11.5 Å². The first-order valence-corrected chi connectivity index (χ1v) is 11.7. The molecule has 180 valence electrons. The zero-order chi connectivity index (χ0) is 24.4. The Hall–Kier alpha value is -3.48. The highest BCUT2D eigenvalue weighted by Crippen LogP contribution is 2.42. The Labute approximate surface area is 199 Å². The van der Waals surface area contributed by atoms with Crippen LogP contribution in [0.15, 0.2) is 42.0 Å². The number of carbonyl (C=O) groups excluding carboxylic acids is 2. The molecular weight excluding hydrogens is 434 g/mol. The van der Waals surface area contributed by atoms with E-state index in [0.717, 1.165) is 11.3 Å². The maximum Gasteiger partial charge on any atom is 0.295 e. The van der Waals surface area contributed by atoms with Crippen LogP contribution in [0.3, 0.4) is 0 Å². The Morgan fingerprint density at radius 1 is 1.12 bits per heavy atom. The van der Waals surface area contributed by atoms with Crippen LogP contribution in [-0.2, 0) is 9.59 Å². The second-order valence-corrected chi connectivity index (χ2v) is 9.08. The maximum absolute atomic E-state index is 13.1. The van der Waals surface area contributed by atoms with Gasteiger partial charge in [-0.15, -0.1) is 0 Å². The normalized spacial score (nSPS) is 19.1. The molecule has 1 N–H and O–H groups in total. The van der Waals surface area contributed by atoms with Crippen LogP contribution in [0.1, 0.15) is 49.9 Å². The Morgan fingerprint density at radius 2 is 1.85 bits per heavy atom. The van der Waals surface area contributed by atoms with Crippen molar-refractivity contribution < 1.29 is 28.9 Å². The summed E-state index contributed by atoms with van der Waals surface area (Å²) in [4.78, 5) is 27.6. The van der Waals surface area contributed by atoms with Crippen molar-refractivity contribution in [2.45, 2.75) is 40.2 Å². The van der Waals surface area contributed by atoms with Gasteiger partial charge in [0.25, 0.3) is 11.7 Å². The van der Waals surface area contributed by atoms with Crippen LogP contribution in [0.2, 0.25) is 0 Å². The standard InChI is InChI=1S/C27H31NO6/c1-5-10-28-24(18-6-9-21-22(14-18)33-12-11-32-21)23(26(30)27(28)31)25(29)19-7-8-20(17(4)13-19)34-15-16(2)3/h6-9,13-14,16,24,29H,5,10-12,15H2,1-4H3/b25-23-. The molecule has 2 aliphatic rings. The van der Waals surface area contributed by atoms with Crippen LogP contribution in [0.5, 0.6) is 17.2 Å². The number of aliphatic hydroxyl groups excluding tert-OH is 1. The van der Waals surface area contributed by atoms with Crippen LogP contribution in [-0.4, -0.2) is 48.1 Å². The van der Waals surface area contributed by atoms with Gasteiger partial charge in [-0.2, -0.15) is 0 Å². The van der Waals surface area contributed by atoms with Gasteiger partial charge in [0, 0.05) is 12.1 Å². The molecule has 4 rings (SSSR count). The minimum Gasteiger partial charge on any atom is -0.507 e. The van der Waals surface area contributed by atoms with Gasteiger partial charge >= 0.3 is 0 Å². The van der Waals surface area contributed by atoms with E-state index in [-0.39, 0.29) is 11.3 Å². The van der Waals surface area contributed by atoms with Crippen LogP contribution < -0.4 is 14.2 Å². The summed E-state index contributed by atoms with van der Waals surface area (Å²) in [5, 5.41) is 11.3. The van der Waals surface area contributed by atoms with Gasteiger partial charge in [-0.05, 0) is 60.7 Å². The molecule has 1 saturated heterocycles. The predicted octanol–water partition coefficient (Wildman–Crippen LogP) is 4.63. The number of aliphatic hydroxyl groups is 1. The molecular formula is C27H31NO6. The quantitative estimate of drug-likeness (QED) is 0.365. The molecule has 1 fully saturated rings. The Kier molecular flexibility index (Phi) is 6.82. The number of benzene rings is 2. The summed E-state index contributed by atoms with van der Waals surface area (Å²) in [7, 11) is 0. The third-order valence-electron chi connectivity index (χ3n) is 5.91. The van der Waals surface area contributed by atoms with E-state index in [1.807, 2.05) is 19.9 Å². The lowest BCUT2D eigenvalue weighted by Crippen LogP contribution is -2.30. The monoisotopic (exact) mass is 465 g/mol. The number of rotatable bonds is 7. The highest BCUT2D eigenvalue weighted by atomic mass is 16.6. The summed E-state index contributed by atoms with van der Waals surface area (Å²) in [6.45, 7) is 9.85. The molecule has 0 saturated carbocycles. The summed E-state index contributed by atoms with van der Waals surface area (Å²) in [5.74, 6) is 0.785. The van der Waals surface area contributed by atoms with E-state index in [0.29, 0.717) is 61.3 Å². The third kappa shape index (κ3) is 4.47. The van der Waals surface area contributed by atoms with Crippen molar-refractivity contribution in [2.75, 3.05) is 26.4 Å². The van der Waals surface area contributed by atoms with Crippen molar-refractivity contribution in [1.29, 1.82) is 0 Å². The molecule has 0 bridgehead atoms. The average molecular weight is 466 g/mol. The SMILES string of the molecule is CCCN1C(=O)C(=O)/C(=C(\O)c2ccc(OCC(C)C)c(C)c2)C1c1ccc2c(c1)OCCO2. The minimum atomic E-state index is -0.715. The number of likely N-dealkylation sites (tertiary alicyclic amines) is 1. The van der Waals surface area contributed by atoms with E-state index in [1.54, 1.807) is 30.3 Å². The predicted molar refractivity (Wildman–Crippen MR) is 128 cm³/mol. The molecule has 0 spiro atoms. The van der Waals surface area contributed by atoms with E-state index >= 15 is 0 Å². The summed E-state index contributed by atoms with van der Waals surface area (Å²) in [5.41, 5.74) is 2.06. The van der Waals surface area contributed by atoms with Gasteiger partial charge in [-0.25, -0.2) is 0 Å². The zero-order valence-electron chi connectivity index (χ0n) is 20.1. The number of aryl methyl sites for hydroxylation is 1. The zero-order valence-corrected chi connectivity index (χ0v) is 20.1. The van der Waals surface area contributed by atoms with Crippen molar-refractivity contribution >= 4 is 17.4 Å². The summed E-state index contributed by atoms with van der Waals surface area (Å²) in [6.07, 6.45) is 0.676. The van der Waals surface area contributed by atoms with Gasteiger partial charge in [0.05, 0.1) is 18.2 Å². The molecule has 2 heterocycles. The van der Waals surface area contributed by atoms with E-state index in [1.165, 1.54) is 4.90 Å². The topological polar surface area (TPSA) is 85.3 Å². The number of carbonyl (C=O) groups is 2. The molecule has 0 aromatic heterocycles. The minimum absolute atomic E-state index is 0.0744. The Balaban J connectivity index is 1.78. The number of amides is 1. The van der Waals surface area contributed by atoms with Gasteiger partial charge in [-0.3, -0.25) is 9.59 Å². The van der Waals surface area contributed by atoms with E-state index in [4.69, 9.17) is 14.2 Å². The summed E-state index contributed by atoms with van der Waals surface area (Å²) < 4.78 is 17.2. The fourth-order valence-corrected chi connectivity index (χ4v) is 4.30. The highest BCUT2D eigenvalue weighted by molar-refractivity contribution is 6.46. The Morgan fingerprint density at radius 3 is 2.53 bits per heavy atom. The van der Waals surface area contributed by atoms with Crippen molar-refractivity contribution in [3.63, 3.8) is 0 Å². The molecule has 0 aliphatic carbocycles. The molecule has 0 radical (unpaired) electrons.